The molecule has 3 aromatic rings. The van der Waals surface area contributed by atoms with Crippen LogP contribution in [0.3, 0.4) is 0 Å². The maximum atomic E-state index is 12.6. The summed E-state index contributed by atoms with van der Waals surface area (Å²) < 4.78 is 2.09. The number of pyridine rings is 1. The summed E-state index contributed by atoms with van der Waals surface area (Å²) >= 11 is 0. The maximum absolute atomic E-state index is 12.6. The second-order valence-electron chi connectivity index (χ2n) is 8.93. The van der Waals surface area contributed by atoms with Gasteiger partial charge in [0, 0.05) is 66.9 Å². The van der Waals surface area contributed by atoms with Crippen molar-refractivity contribution in [3.8, 4) is 11.3 Å². The number of aryl methyl sites for hydroxylation is 1. The molecule has 3 aliphatic rings. The molecule has 3 amide bonds. The Morgan fingerprint density at radius 3 is 2.94 bits per heavy atom. The Morgan fingerprint density at radius 1 is 1.23 bits per heavy atom. The van der Waals surface area contributed by atoms with Gasteiger partial charge in [0.15, 0.2) is 0 Å². The number of hydrogen-bond donors (Lipinski definition) is 2. The Labute approximate surface area is 179 Å². The van der Waals surface area contributed by atoms with Crippen LogP contribution in [0.25, 0.3) is 22.2 Å². The monoisotopic (exact) mass is 416 g/mol. The quantitative estimate of drug-likeness (QED) is 0.669. The first-order valence-electron chi connectivity index (χ1n) is 10.9. The summed E-state index contributed by atoms with van der Waals surface area (Å²) in [7, 11) is 0. The molecule has 8 nitrogen and oxygen atoms in total. The van der Waals surface area contributed by atoms with Crippen molar-refractivity contribution in [1.29, 1.82) is 0 Å². The summed E-state index contributed by atoms with van der Waals surface area (Å²) in [6, 6.07) is 12.4. The van der Waals surface area contributed by atoms with Crippen LogP contribution in [0, 0.1) is 0 Å². The molecule has 0 saturated carbocycles. The SMILES string of the molecule is O=C1CCC(NC(=O)N2CC3(CCn4nc(-c5cnc6ccccc6c5)cc43)C2)CN1. The molecular weight excluding hydrogens is 392 g/mol. The molecule has 2 aromatic heterocycles. The number of carbonyl (C=O) groups excluding carboxylic acids is 2. The van der Waals surface area contributed by atoms with Crippen LogP contribution >= 0.6 is 0 Å². The van der Waals surface area contributed by atoms with Crippen LogP contribution in [0.15, 0.2) is 42.6 Å². The number of benzene rings is 1. The first kappa shape index (κ1) is 18.4. The zero-order valence-electron chi connectivity index (χ0n) is 17.2. The predicted molar refractivity (Wildman–Crippen MR) is 115 cm³/mol. The number of amides is 3. The van der Waals surface area contributed by atoms with Gasteiger partial charge in [0.1, 0.15) is 0 Å². The first-order chi connectivity index (χ1) is 15.1. The molecule has 8 heteroatoms. The molecule has 3 aliphatic heterocycles. The fourth-order valence-electron chi connectivity index (χ4n) is 5.08. The van der Waals surface area contributed by atoms with Crippen molar-refractivity contribution in [3.63, 3.8) is 0 Å². The fourth-order valence-corrected chi connectivity index (χ4v) is 5.08. The number of urea groups is 1. The maximum Gasteiger partial charge on any atom is 0.317 e. The molecule has 2 saturated heterocycles. The fraction of sp³-hybridized carbons (Fsp3) is 0.391. The number of para-hydroxylation sites is 1. The normalized spacial score (nSPS) is 21.6. The summed E-state index contributed by atoms with van der Waals surface area (Å²) in [6.45, 7) is 2.80. The van der Waals surface area contributed by atoms with Gasteiger partial charge in [-0.1, -0.05) is 18.2 Å². The highest BCUT2D eigenvalue weighted by atomic mass is 16.2. The smallest absolute Gasteiger partial charge is 0.317 e. The Kier molecular flexibility index (Phi) is 4.03. The van der Waals surface area contributed by atoms with E-state index in [4.69, 9.17) is 5.10 Å². The molecule has 1 spiro atoms. The van der Waals surface area contributed by atoms with Gasteiger partial charge in [-0.25, -0.2) is 4.79 Å². The highest BCUT2D eigenvalue weighted by Gasteiger charge is 2.51. The second kappa shape index (κ2) is 6.80. The number of likely N-dealkylation sites (tertiary alicyclic amines) is 1. The first-order valence-corrected chi connectivity index (χ1v) is 10.9. The molecule has 31 heavy (non-hydrogen) atoms. The second-order valence-corrected chi connectivity index (χ2v) is 8.93. The largest absolute Gasteiger partial charge is 0.354 e. The summed E-state index contributed by atoms with van der Waals surface area (Å²) in [6.07, 6.45) is 4.07. The third-order valence-electron chi connectivity index (χ3n) is 6.88. The molecule has 2 N–H and O–H groups in total. The molecule has 2 fully saturated rings. The van der Waals surface area contributed by atoms with Gasteiger partial charge in [0.2, 0.25) is 5.91 Å². The molecule has 6 rings (SSSR count). The molecule has 0 aliphatic carbocycles. The van der Waals surface area contributed by atoms with Crippen molar-refractivity contribution in [2.75, 3.05) is 19.6 Å². The Hall–Kier alpha value is -3.42. The number of nitrogens with zero attached hydrogens (tertiary/aromatic N) is 4. The van der Waals surface area contributed by atoms with Gasteiger partial charge >= 0.3 is 6.03 Å². The van der Waals surface area contributed by atoms with Crippen molar-refractivity contribution in [3.05, 3.63) is 48.3 Å². The summed E-state index contributed by atoms with van der Waals surface area (Å²) in [5, 5.41) is 11.8. The third kappa shape index (κ3) is 3.05. The Bertz CT molecular complexity index is 1190. The highest BCUT2D eigenvalue weighted by Crippen LogP contribution is 2.43. The van der Waals surface area contributed by atoms with Crippen molar-refractivity contribution in [1.82, 2.24) is 30.3 Å². The lowest BCUT2D eigenvalue weighted by Crippen LogP contribution is -2.64. The average molecular weight is 416 g/mol. The molecule has 1 unspecified atom stereocenters. The molecular formula is C23H24N6O2. The molecule has 158 valence electrons. The number of carbonyl (C=O) groups is 2. The van der Waals surface area contributed by atoms with E-state index in [1.165, 1.54) is 5.69 Å². The van der Waals surface area contributed by atoms with Crippen molar-refractivity contribution in [2.24, 2.45) is 0 Å². The zero-order valence-corrected chi connectivity index (χ0v) is 17.2. The van der Waals surface area contributed by atoms with E-state index in [-0.39, 0.29) is 23.4 Å². The van der Waals surface area contributed by atoms with Crippen molar-refractivity contribution < 1.29 is 9.59 Å². The topological polar surface area (TPSA) is 92.2 Å². The molecule has 0 radical (unpaired) electrons. The van der Waals surface area contributed by atoms with Crippen LogP contribution in [0.1, 0.15) is 25.0 Å². The standard InChI is InChI=1S/C23H24N6O2/c30-21-6-5-17(12-25-21)26-22(31)28-13-23(14-28)7-8-29-20(23)10-19(27-29)16-9-15-3-1-2-4-18(15)24-11-16/h1-4,9-11,17H,5-8,12-14H2,(H,25,30)(H,26,31). The van der Waals surface area contributed by atoms with Crippen LogP contribution in [-0.2, 0) is 16.8 Å². The van der Waals surface area contributed by atoms with E-state index in [1.807, 2.05) is 29.3 Å². The molecule has 1 atom stereocenters. The Balaban J connectivity index is 1.17. The van der Waals surface area contributed by atoms with Gasteiger partial charge in [-0.3, -0.25) is 14.5 Å². The average Bonchev–Trinajstić information content (AvgIpc) is 3.33. The van der Waals surface area contributed by atoms with E-state index < -0.39 is 0 Å². The van der Waals surface area contributed by atoms with E-state index in [0.29, 0.717) is 32.5 Å². The van der Waals surface area contributed by atoms with Crippen LogP contribution in [-0.4, -0.2) is 57.3 Å². The summed E-state index contributed by atoms with van der Waals surface area (Å²) in [4.78, 5) is 30.4. The van der Waals surface area contributed by atoms with Crippen LogP contribution in [0.2, 0.25) is 0 Å². The van der Waals surface area contributed by atoms with E-state index in [0.717, 1.165) is 35.1 Å². The van der Waals surface area contributed by atoms with E-state index >= 15 is 0 Å². The van der Waals surface area contributed by atoms with E-state index in [1.54, 1.807) is 0 Å². The minimum absolute atomic E-state index is 0.00630. The minimum Gasteiger partial charge on any atom is -0.354 e. The van der Waals surface area contributed by atoms with Gasteiger partial charge in [-0.2, -0.15) is 5.10 Å². The van der Waals surface area contributed by atoms with Crippen molar-refractivity contribution >= 4 is 22.8 Å². The third-order valence-corrected chi connectivity index (χ3v) is 6.88. The zero-order chi connectivity index (χ0) is 21.0. The number of aromatic nitrogens is 3. The van der Waals surface area contributed by atoms with Crippen LogP contribution in [0.5, 0.6) is 0 Å². The van der Waals surface area contributed by atoms with Gasteiger partial charge in [0.25, 0.3) is 0 Å². The lowest BCUT2D eigenvalue weighted by Gasteiger charge is -2.47. The van der Waals surface area contributed by atoms with E-state index in [2.05, 4.69) is 38.5 Å². The van der Waals surface area contributed by atoms with Gasteiger partial charge in [0.05, 0.1) is 11.2 Å². The molecule has 1 aromatic carbocycles. The molecule has 5 heterocycles. The van der Waals surface area contributed by atoms with E-state index in [9.17, 15) is 9.59 Å². The number of nitrogens with one attached hydrogen (secondary N) is 2. The van der Waals surface area contributed by atoms with Gasteiger partial charge in [-0.05, 0) is 31.0 Å². The molecule has 0 bridgehead atoms. The lowest BCUT2D eigenvalue weighted by atomic mass is 9.76. The minimum atomic E-state index is -0.0382. The lowest BCUT2D eigenvalue weighted by molar-refractivity contribution is -0.122. The summed E-state index contributed by atoms with van der Waals surface area (Å²) in [5.74, 6) is 0.0602. The predicted octanol–water partition coefficient (Wildman–Crippen LogP) is 2.04. The summed E-state index contributed by atoms with van der Waals surface area (Å²) in [5.41, 5.74) is 4.14. The van der Waals surface area contributed by atoms with Crippen molar-refractivity contribution in [2.45, 2.75) is 37.3 Å². The number of fused-ring (bicyclic) bond motifs is 3. The number of hydrogen-bond acceptors (Lipinski definition) is 4. The van der Waals surface area contributed by atoms with Gasteiger partial charge < -0.3 is 15.5 Å². The van der Waals surface area contributed by atoms with Crippen LogP contribution < -0.4 is 10.6 Å². The van der Waals surface area contributed by atoms with Crippen LogP contribution in [0.4, 0.5) is 4.79 Å². The number of rotatable bonds is 2. The highest BCUT2D eigenvalue weighted by molar-refractivity contribution is 5.83. The number of piperidine rings is 1. The van der Waals surface area contributed by atoms with Gasteiger partial charge in [-0.15, -0.1) is 0 Å². The Morgan fingerprint density at radius 2 is 2.10 bits per heavy atom.